The first-order valence-electron chi connectivity index (χ1n) is 13.9. The largest absolute Gasteiger partial charge is 0.478 e. The van der Waals surface area contributed by atoms with Crippen LogP contribution in [0, 0.1) is 31.3 Å². The molecule has 0 radical (unpaired) electrons. The molecule has 0 unspecified atom stereocenters. The summed E-state index contributed by atoms with van der Waals surface area (Å²) in [5.74, 6) is -6.34. The fraction of sp³-hybridized carbons (Fsp3) is 0.242. The van der Waals surface area contributed by atoms with Crippen molar-refractivity contribution in [2.45, 2.75) is 45.4 Å². The number of anilines is 1. The number of aliphatic carboxylic acids is 1. The molecule has 11 heteroatoms. The number of hydrogen-bond acceptors (Lipinski definition) is 5. The monoisotopic (exact) mass is 623 g/mol. The average molecular weight is 624 g/mol. The molecule has 44 heavy (non-hydrogen) atoms. The Morgan fingerprint density at radius 2 is 1.86 bits per heavy atom. The molecule has 0 fully saturated rings. The number of fused-ring (bicyclic) bond motifs is 1. The second-order valence-corrected chi connectivity index (χ2v) is 11.1. The Labute approximate surface area is 257 Å². The number of benzene rings is 3. The summed E-state index contributed by atoms with van der Waals surface area (Å²) in [6.45, 7) is 4.62. The molecule has 1 aliphatic heterocycles. The number of hydrogen-bond donors (Lipinski definition) is 2. The molecule has 0 saturated heterocycles. The fourth-order valence-corrected chi connectivity index (χ4v) is 5.79. The lowest BCUT2D eigenvalue weighted by Crippen LogP contribution is -2.58. The van der Waals surface area contributed by atoms with Gasteiger partial charge in [-0.3, -0.25) is 10.1 Å². The molecule has 0 spiro atoms. The van der Waals surface area contributed by atoms with Crippen LogP contribution in [0.1, 0.15) is 40.4 Å². The van der Waals surface area contributed by atoms with Crippen LogP contribution in [0.15, 0.2) is 66.7 Å². The summed E-state index contributed by atoms with van der Waals surface area (Å²) in [5.41, 5.74) is 1.16. The van der Waals surface area contributed by atoms with Crippen LogP contribution < -0.4 is 15.0 Å². The van der Waals surface area contributed by atoms with Gasteiger partial charge in [-0.25, -0.2) is 22.9 Å². The number of carbonyl (C=O) groups excluding carboxylic acids is 1. The maximum absolute atomic E-state index is 14.8. The van der Waals surface area contributed by atoms with Crippen molar-refractivity contribution in [2.24, 2.45) is 0 Å². The van der Waals surface area contributed by atoms with Gasteiger partial charge in [-0.05, 0) is 67.3 Å². The van der Waals surface area contributed by atoms with E-state index >= 15 is 0 Å². The Morgan fingerprint density at radius 3 is 2.57 bits per heavy atom. The van der Waals surface area contributed by atoms with E-state index in [0.717, 1.165) is 23.3 Å². The van der Waals surface area contributed by atoms with Crippen molar-refractivity contribution < 1.29 is 32.6 Å². The summed E-state index contributed by atoms with van der Waals surface area (Å²) in [4.78, 5) is 32.6. The number of pyridine rings is 1. The molecule has 5 rings (SSSR count). The number of nitrogens with one attached hydrogen (secondary N) is 1. The van der Waals surface area contributed by atoms with Crippen molar-refractivity contribution in [3.05, 3.63) is 123 Å². The predicted molar refractivity (Wildman–Crippen MR) is 159 cm³/mol. The highest BCUT2D eigenvalue weighted by molar-refractivity contribution is 6.30. The third-order valence-electron chi connectivity index (χ3n) is 7.66. The van der Waals surface area contributed by atoms with Crippen molar-refractivity contribution in [2.75, 3.05) is 11.4 Å². The second-order valence-electron chi connectivity index (χ2n) is 10.7. The van der Waals surface area contributed by atoms with Crippen molar-refractivity contribution in [3.8, 4) is 5.88 Å². The molecule has 2 atom stereocenters. The number of amides is 1. The van der Waals surface area contributed by atoms with Gasteiger partial charge in [0.2, 0.25) is 17.9 Å². The molecule has 228 valence electrons. The van der Waals surface area contributed by atoms with E-state index in [1.807, 2.05) is 32.0 Å². The molecule has 2 heterocycles. The van der Waals surface area contributed by atoms with Crippen molar-refractivity contribution in [1.29, 1.82) is 0 Å². The van der Waals surface area contributed by atoms with E-state index < -0.39 is 54.1 Å². The van der Waals surface area contributed by atoms with E-state index in [9.17, 15) is 27.9 Å². The number of nitrogens with zero attached hydrogens (tertiary/aromatic N) is 2. The maximum Gasteiger partial charge on any atom is 0.347 e. The number of rotatable bonds is 8. The van der Waals surface area contributed by atoms with Gasteiger partial charge in [0.25, 0.3) is 0 Å². The fourth-order valence-electron chi connectivity index (χ4n) is 5.62. The van der Waals surface area contributed by atoms with E-state index in [0.29, 0.717) is 17.7 Å². The zero-order valence-corrected chi connectivity index (χ0v) is 24.9. The molecule has 4 aromatic rings. The lowest BCUT2D eigenvalue weighted by Gasteiger charge is -2.40. The summed E-state index contributed by atoms with van der Waals surface area (Å²) < 4.78 is 48.9. The number of carbonyl (C=O) groups is 2. The minimum Gasteiger partial charge on any atom is -0.478 e. The van der Waals surface area contributed by atoms with Crippen LogP contribution in [-0.4, -0.2) is 34.6 Å². The third-order valence-corrected chi connectivity index (χ3v) is 7.89. The van der Waals surface area contributed by atoms with Crippen LogP contribution in [-0.2, 0) is 28.1 Å². The van der Waals surface area contributed by atoms with Crippen LogP contribution in [0.5, 0.6) is 5.88 Å². The molecule has 1 aromatic heterocycles. The van der Waals surface area contributed by atoms with Gasteiger partial charge in [-0.1, -0.05) is 48.9 Å². The van der Waals surface area contributed by atoms with E-state index in [2.05, 4.69) is 10.3 Å². The second kappa shape index (κ2) is 12.3. The van der Waals surface area contributed by atoms with Crippen LogP contribution in [0.2, 0.25) is 5.02 Å². The number of aromatic nitrogens is 1. The molecule has 1 aliphatic rings. The van der Waals surface area contributed by atoms with Crippen LogP contribution in [0.3, 0.4) is 0 Å². The van der Waals surface area contributed by atoms with Crippen molar-refractivity contribution >= 4 is 29.2 Å². The standard InChI is InChI=1S/C33H29ClF3N3O4/c1-4-20-6-5-7-22(14-20)33(31(32(42)43)44-27-13-18(2)12-19(3)39-27)24-15-23(34)9-11-26(24)40(28(41)16-38-33)17-21-8-10-25(35)30(37)29(21)36/h5-15,31,38H,4,16-17H2,1-3H3,(H,42,43)/t31-,33+/m1/s1. The van der Waals surface area contributed by atoms with Gasteiger partial charge in [0, 0.05) is 33.6 Å². The van der Waals surface area contributed by atoms with Gasteiger partial charge in [0.15, 0.2) is 17.5 Å². The minimum atomic E-state index is -1.74. The highest BCUT2D eigenvalue weighted by Crippen LogP contribution is 2.44. The number of carboxylic acid groups (broad SMARTS) is 1. The molecule has 0 aliphatic carbocycles. The maximum atomic E-state index is 14.8. The van der Waals surface area contributed by atoms with Gasteiger partial charge in [-0.15, -0.1) is 0 Å². The Bertz CT molecular complexity index is 1750. The van der Waals surface area contributed by atoms with E-state index in [4.69, 9.17) is 16.3 Å². The molecule has 1 amide bonds. The average Bonchev–Trinajstić information content (AvgIpc) is 3.10. The van der Waals surface area contributed by atoms with E-state index in [1.165, 1.54) is 23.1 Å². The zero-order chi connectivity index (χ0) is 31.8. The van der Waals surface area contributed by atoms with E-state index in [-0.39, 0.29) is 27.7 Å². The zero-order valence-electron chi connectivity index (χ0n) is 24.1. The third kappa shape index (κ3) is 5.75. The SMILES string of the molecule is CCc1cccc([C@]2([C@H](Oc3cc(C)cc(C)n3)C(=O)O)NCC(=O)N(Cc3ccc(F)c(F)c3F)c3ccc(Cl)cc32)c1. The highest BCUT2D eigenvalue weighted by atomic mass is 35.5. The quantitative estimate of drug-likeness (QED) is 0.226. The summed E-state index contributed by atoms with van der Waals surface area (Å²) in [7, 11) is 0. The number of aryl methyl sites for hydroxylation is 3. The molecule has 3 aromatic carbocycles. The van der Waals surface area contributed by atoms with Gasteiger partial charge < -0.3 is 14.7 Å². The van der Waals surface area contributed by atoms with Crippen LogP contribution in [0.4, 0.5) is 18.9 Å². The molecule has 0 saturated carbocycles. The molecule has 2 N–H and O–H groups in total. The highest BCUT2D eigenvalue weighted by Gasteiger charge is 2.52. The number of carboxylic acids is 1. The summed E-state index contributed by atoms with van der Waals surface area (Å²) in [5, 5.41) is 14.2. The van der Waals surface area contributed by atoms with E-state index in [1.54, 1.807) is 25.1 Å². The summed E-state index contributed by atoms with van der Waals surface area (Å²) in [6.07, 6.45) is -1.07. The van der Waals surface area contributed by atoms with Crippen LogP contribution in [0.25, 0.3) is 0 Å². The molecular weight excluding hydrogens is 595 g/mol. The van der Waals surface area contributed by atoms with Crippen molar-refractivity contribution in [3.63, 3.8) is 0 Å². The first-order valence-corrected chi connectivity index (χ1v) is 14.2. The Kier molecular flexibility index (Phi) is 8.67. The first-order chi connectivity index (χ1) is 20.9. The first kappa shape index (κ1) is 31.0. The molecular formula is C33H29ClF3N3O4. The summed E-state index contributed by atoms with van der Waals surface area (Å²) in [6, 6.07) is 17.0. The van der Waals surface area contributed by atoms with Gasteiger partial charge in [0.1, 0.15) is 5.54 Å². The Morgan fingerprint density at radius 1 is 1.09 bits per heavy atom. The number of halogens is 4. The number of ether oxygens (including phenoxy) is 1. The normalized spacial score (nSPS) is 17.2. The van der Waals surface area contributed by atoms with Gasteiger partial charge >= 0.3 is 5.97 Å². The minimum absolute atomic E-state index is 0.0580. The van der Waals surface area contributed by atoms with Gasteiger partial charge in [-0.2, -0.15) is 0 Å². The molecule has 7 nitrogen and oxygen atoms in total. The van der Waals surface area contributed by atoms with Gasteiger partial charge in [0.05, 0.1) is 13.1 Å². The topological polar surface area (TPSA) is 91.8 Å². The van der Waals surface area contributed by atoms with Crippen LogP contribution >= 0.6 is 11.6 Å². The predicted octanol–water partition coefficient (Wildman–Crippen LogP) is 6.24. The molecule has 0 bridgehead atoms. The lowest BCUT2D eigenvalue weighted by molar-refractivity contribution is -0.149. The Hall–Kier alpha value is -4.41. The lowest BCUT2D eigenvalue weighted by atomic mass is 9.76. The van der Waals surface area contributed by atoms with Crippen molar-refractivity contribution in [1.82, 2.24) is 10.3 Å². The smallest absolute Gasteiger partial charge is 0.347 e. The Balaban J connectivity index is 1.78. The summed E-state index contributed by atoms with van der Waals surface area (Å²) >= 11 is 6.51.